The zero-order valence-corrected chi connectivity index (χ0v) is 20.9. The lowest BCUT2D eigenvalue weighted by atomic mass is 10.1. The van der Waals surface area contributed by atoms with E-state index in [4.69, 9.17) is 11.6 Å². The number of aromatic nitrogens is 2. The van der Waals surface area contributed by atoms with Gasteiger partial charge in [0.05, 0.1) is 17.9 Å². The molecule has 0 aliphatic rings. The van der Waals surface area contributed by atoms with Gasteiger partial charge in [-0.3, -0.25) is 4.79 Å². The minimum absolute atomic E-state index is 0.136. The predicted molar refractivity (Wildman–Crippen MR) is 141 cm³/mol. The highest BCUT2D eigenvalue weighted by atomic mass is 35.5. The monoisotopic (exact) mass is 527 g/mol. The van der Waals surface area contributed by atoms with Crippen molar-refractivity contribution in [1.29, 1.82) is 0 Å². The van der Waals surface area contributed by atoms with E-state index in [1.54, 1.807) is 42.5 Å². The molecule has 0 aliphatic heterocycles. The number of alkyl halides is 3. The molecule has 0 saturated carbocycles. The quantitative estimate of drug-likeness (QED) is 0.232. The van der Waals surface area contributed by atoms with Crippen LogP contribution in [0.2, 0.25) is 0 Å². The molecular weight excluding hydrogens is 503 g/mol. The van der Waals surface area contributed by atoms with Crippen LogP contribution in [0.15, 0.2) is 103 Å². The summed E-state index contributed by atoms with van der Waals surface area (Å²) in [5.74, 6) is -0.138. The number of carbonyl (C=O) groups excluding carboxylic acids is 1. The molecule has 2 aromatic carbocycles. The first-order valence-electron chi connectivity index (χ1n) is 11.2. The molecule has 0 spiro atoms. The summed E-state index contributed by atoms with van der Waals surface area (Å²) in [5, 5.41) is 6.19. The van der Waals surface area contributed by atoms with Gasteiger partial charge in [-0.05, 0) is 61.9 Å². The summed E-state index contributed by atoms with van der Waals surface area (Å²) in [6, 6.07) is 9.93. The number of nitrogens with zero attached hydrogens (tertiary/aromatic N) is 3. The molecule has 6 nitrogen and oxygen atoms in total. The summed E-state index contributed by atoms with van der Waals surface area (Å²) in [6.45, 7) is 7.29. The first-order valence-corrected chi connectivity index (χ1v) is 11.6. The van der Waals surface area contributed by atoms with E-state index in [1.165, 1.54) is 29.4 Å². The number of rotatable bonds is 9. The Kier molecular flexibility index (Phi) is 9.08. The minimum Gasteiger partial charge on any atom is -0.364 e. The maximum Gasteiger partial charge on any atom is 0.416 e. The number of aliphatic imine (C=N–C) groups is 1. The largest absolute Gasteiger partial charge is 0.416 e. The molecule has 10 heteroatoms. The molecule has 3 rings (SSSR count). The Balaban J connectivity index is 1.81. The Morgan fingerprint density at radius 1 is 1.24 bits per heavy atom. The van der Waals surface area contributed by atoms with Crippen molar-refractivity contribution < 1.29 is 18.0 Å². The third-order valence-electron chi connectivity index (χ3n) is 5.19. The van der Waals surface area contributed by atoms with Crippen LogP contribution < -0.4 is 10.6 Å². The van der Waals surface area contributed by atoms with E-state index in [2.05, 4.69) is 27.2 Å². The number of anilines is 1. The Bertz CT molecular complexity index is 1340. The molecule has 0 fully saturated rings. The number of halogens is 4. The van der Waals surface area contributed by atoms with E-state index in [0.29, 0.717) is 11.5 Å². The number of allylic oxidation sites excluding steroid dienone is 4. The van der Waals surface area contributed by atoms with Crippen molar-refractivity contribution in [1.82, 2.24) is 14.9 Å². The van der Waals surface area contributed by atoms with E-state index in [1.807, 2.05) is 19.9 Å². The summed E-state index contributed by atoms with van der Waals surface area (Å²) in [7, 11) is 0. The normalized spacial score (nSPS) is 13.5. The maximum absolute atomic E-state index is 13.5. The van der Waals surface area contributed by atoms with Gasteiger partial charge in [-0.1, -0.05) is 42.5 Å². The van der Waals surface area contributed by atoms with Crippen LogP contribution in [0.25, 0.3) is 5.69 Å². The lowest BCUT2D eigenvalue weighted by Gasteiger charge is -2.17. The van der Waals surface area contributed by atoms with Gasteiger partial charge < -0.3 is 15.2 Å². The van der Waals surface area contributed by atoms with Gasteiger partial charge in [-0.2, -0.15) is 13.2 Å². The number of amides is 1. The van der Waals surface area contributed by atoms with Crippen molar-refractivity contribution in [2.24, 2.45) is 4.99 Å². The van der Waals surface area contributed by atoms with Gasteiger partial charge in [0.2, 0.25) is 0 Å². The molecule has 2 N–H and O–H groups in total. The molecule has 0 bridgehead atoms. The zero-order chi connectivity index (χ0) is 27.0. The Morgan fingerprint density at radius 2 is 2.03 bits per heavy atom. The van der Waals surface area contributed by atoms with Crippen molar-refractivity contribution in [3.8, 4) is 5.69 Å². The smallest absolute Gasteiger partial charge is 0.364 e. The summed E-state index contributed by atoms with van der Waals surface area (Å²) in [6.07, 6.45) is 6.30. The lowest BCUT2D eigenvalue weighted by Crippen LogP contribution is -2.18. The van der Waals surface area contributed by atoms with E-state index >= 15 is 0 Å². The molecule has 0 radical (unpaired) electrons. The summed E-state index contributed by atoms with van der Waals surface area (Å²) < 4.78 is 41.9. The van der Waals surface area contributed by atoms with Crippen LogP contribution in [0, 0.1) is 0 Å². The highest BCUT2D eigenvalue weighted by molar-refractivity contribution is 6.68. The summed E-state index contributed by atoms with van der Waals surface area (Å²) >= 11 is 6.10. The van der Waals surface area contributed by atoms with Crippen molar-refractivity contribution in [3.05, 3.63) is 115 Å². The molecule has 3 aromatic rings. The molecule has 37 heavy (non-hydrogen) atoms. The minimum atomic E-state index is -4.62. The lowest BCUT2D eigenvalue weighted by molar-refractivity contribution is -0.137. The SMILES string of the molecule is C=C/C=C/C(Cl)=N\C(=C/C)N[C@@H](C)c1cccc(NC(=O)c2cc(-n3ccnc3)cc(C(F)(F)F)c2)c1. The Morgan fingerprint density at radius 3 is 2.68 bits per heavy atom. The zero-order valence-electron chi connectivity index (χ0n) is 20.1. The predicted octanol–water partition coefficient (Wildman–Crippen LogP) is 7.03. The first kappa shape index (κ1) is 27.5. The summed E-state index contributed by atoms with van der Waals surface area (Å²) in [5.41, 5.74) is 0.341. The van der Waals surface area contributed by atoms with Crippen LogP contribution in [0.3, 0.4) is 0 Å². The van der Waals surface area contributed by atoms with Gasteiger partial charge in [-0.25, -0.2) is 9.98 Å². The average molecular weight is 528 g/mol. The van der Waals surface area contributed by atoms with Gasteiger partial charge in [0.15, 0.2) is 0 Å². The standard InChI is InChI=1S/C27H25ClF3N5O/c1-4-6-10-24(28)35-25(5-2)33-18(3)19-8-7-9-22(14-19)34-26(37)20-13-21(27(29,30)31)16-23(15-20)36-12-11-32-17-36/h4-18,33H,1H2,2-3H3,(H,34,37)/b10-6+,25-5-,35-24+/t18-/m0/s1. The first-order chi connectivity index (χ1) is 17.6. The second kappa shape index (κ2) is 12.2. The number of carbonyl (C=O) groups is 1. The van der Waals surface area contributed by atoms with Crippen LogP contribution in [0.5, 0.6) is 0 Å². The highest BCUT2D eigenvalue weighted by Gasteiger charge is 2.32. The number of hydrogen-bond donors (Lipinski definition) is 2. The summed E-state index contributed by atoms with van der Waals surface area (Å²) in [4.78, 5) is 21.1. The molecule has 0 unspecified atom stereocenters. The number of nitrogens with one attached hydrogen (secondary N) is 2. The molecular formula is C27H25ClF3N5O. The topological polar surface area (TPSA) is 71.3 Å². The van der Waals surface area contributed by atoms with Gasteiger partial charge in [-0.15, -0.1) is 0 Å². The Hall–Kier alpha value is -4.11. The number of hydrogen-bond acceptors (Lipinski definition) is 4. The van der Waals surface area contributed by atoms with Gasteiger partial charge in [0.25, 0.3) is 5.91 Å². The van der Waals surface area contributed by atoms with Crippen LogP contribution in [0.4, 0.5) is 18.9 Å². The molecule has 192 valence electrons. The molecule has 0 aliphatic carbocycles. The average Bonchev–Trinajstić information content (AvgIpc) is 3.41. The molecule has 1 heterocycles. The van der Waals surface area contributed by atoms with E-state index in [0.717, 1.165) is 17.7 Å². The molecule has 0 saturated heterocycles. The fraction of sp³-hybridized carbons (Fsp3) is 0.148. The second-order valence-electron chi connectivity index (χ2n) is 7.89. The fourth-order valence-electron chi connectivity index (χ4n) is 3.34. The molecule has 1 aromatic heterocycles. The third kappa shape index (κ3) is 7.68. The van der Waals surface area contributed by atoms with Crippen LogP contribution in [-0.2, 0) is 6.18 Å². The van der Waals surface area contributed by atoms with Crippen molar-refractivity contribution in [3.63, 3.8) is 0 Å². The second-order valence-corrected chi connectivity index (χ2v) is 8.27. The van der Waals surface area contributed by atoms with E-state index < -0.39 is 17.6 Å². The number of imidazole rings is 1. The van der Waals surface area contributed by atoms with Gasteiger partial charge in [0, 0.05) is 29.3 Å². The van der Waals surface area contributed by atoms with E-state index in [9.17, 15) is 18.0 Å². The van der Waals surface area contributed by atoms with Crippen molar-refractivity contribution in [2.45, 2.75) is 26.1 Å². The Labute approximate surface area is 217 Å². The molecule has 1 atom stereocenters. The van der Waals surface area contributed by atoms with Crippen molar-refractivity contribution in [2.75, 3.05) is 5.32 Å². The fourth-order valence-corrected chi connectivity index (χ4v) is 3.50. The molecule has 1 amide bonds. The van der Waals surface area contributed by atoms with Gasteiger partial charge in [0.1, 0.15) is 11.0 Å². The van der Waals surface area contributed by atoms with Crippen LogP contribution >= 0.6 is 11.6 Å². The highest BCUT2D eigenvalue weighted by Crippen LogP contribution is 2.32. The van der Waals surface area contributed by atoms with E-state index in [-0.39, 0.29) is 22.5 Å². The number of benzene rings is 2. The van der Waals surface area contributed by atoms with Crippen LogP contribution in [-0.4, -0.2) is 20.6 Å². The van der Waals surface area contributed by atoms with Crippen LogP contribution in [0.1, 0.15) is 41.4 Å². The van der Waals surface area contributed by atoms with Gasteiger partial charge >= 0.3 is 6.18 Å². The third-order valence-corrected chi connectivity index (χ3v) is 5.40. The van der Waals surface area contributed by atoms with Crippen molar-refractivity contribution >= 4 is 28.4 Å². The maximum atomic E-state index is 13.5.